The van der Waals surface area contributed by atoms with Crippen LogP contribution in [0.1, 0.15) is 34.6 Å². The van der Waals surface area contributed by atoms with Crippen LogP contribution in [0.3, 0.4) is 0 Å². The molecule has 1 rings (SSSR count). The summed E-state index contributed by atoms with van der Waals surface area (Å²) in [5.74, 6) is 0. The lowest BCUT2D eigenvalue weighted by molar-refractivity contribution is 0.0483. The summed E-state index contributed by atoms with van der Waals surface area (Å²) in [5, 5.41) is 4.42. The second-order valence-corrected chi connectivity index (χ2v) is 5.92. The van der Waals surface area contributed by atoms with E-state index < -0.39 is 23.3 Å². The van der Waals surface area contributed by atoms with Gasteiger partial charge in [-0.05, 0) is 40.0 Å². The fourth-order valence-corrected chi connectivity index (χ4v) is 2.38. The molecule has 1 heterocycles. The summed E-state index contributed by atoms with van der Waals surface area (Å²) in [6, 6.07) is 0. The third kappa shape index (κ3) is 4.66. The highest BCUT2D eigenvalue weighted by Gasteiger charge is 2.33. The number of alkyl carbamates (subject to hydrolysis) is 1. The van der Waals surface area contributed by atoms with E-state index in [1.165, 1.54) is 16.7 Å². The molecule has 0 fully saturated rings. The van der Waals surface area contributed by atoms with E-state index in [1.54, 1.807) is 40.0 Å². The van der Waals surface area contributed by atoms with Crippen LogP contribution in [-0.4, -0.2) is 34.8 Å². The summed E-state index contributed by atoms with van der Waals surface area (Å²) >= 11 is 1.32. The van der Waals surface area contributed by atoms with Gasteiger partial charge < -0.3 is 9.47 Å². The van der Waals surface area contributed by atoms with Crippen molar-refractivity contribution in [3.63, 3.8) is 0 Å². The molecule has 0 aromatic rings. The molecule has 1 aliphatic rings. The smallest absolute Gasteiger partial charge is 0.416 e. The number of nitrogens with zero attached hydrogens (tertiary/aromatic N) is 1. The molecule has 108 valence electrons. The SMILES string of the molecule is CCOC(=O)N1C(C)=CSC1NC(=O)OC(C)(C)C. The molecule has 0 bridgehead atoms. The van der Waals surface area contributed by atoms with E-state index in [1.807, 2.05) is 0 Å². The van der Waals surface area contributed by atoms with E-state index in [2.05, 4.69) is 5.32 Å². The minimum atomic E-state index is -0.579. The van der Waals surface area contributed by atoms with Gasteiger partial charge in [0.05, 0.1) is 6.61 Å². The Morgan fingerprint density at radius 2 is 2.11 bits per heavy atom. The summed E-state index contributed by atoms with van der Waals surface area (Å²) in [7, 11) is 0. The molecule has 2 amide bonds. The van der Waals surface area contributed by atoms with Gasteiger partial charge in [0.2, 0.25) is 0 Å². The predicted molar refractivity (Wildman–Crippen MR) is 73.4 cm³/mol. The second-order valence-electron chi connectivity index (χ2n) is 4.96. The van der Waals surface area contributed by atoms with Gasteiger partial charge in [0.1, 0.15) is 5.60 Å². The zero-order chi connectivity index (χ0) is 14.6. The highest BCUT2D eigenvalue weighted by atomic mass is 32.2. The standard InChI is InChI=1S/C12H20N2O4S/c1-6-17-11(16)14-8(2)7-19-9(14)13-10(15)18-12(3,4)5/h7,9H,6H2,1-5H3,(H,13,15). The van der Waals surface area contributed by atoms with Crippen molar-refractivity contribution in [2.24, 2.45) is 0 Å². The number of thioether (sulfide) groups is 1. The average Bonchev–Trinajstić information content (AvgIpc) is 2.57. The summed E-state index contributed by atoms with van der Waals surface area (Å²) in [6.07, 6.45) is -1.05. The summed E-state index contributed by atoms with van der Waals surface area (Å²) in [4.78, 5) is 24.9. The molecule has 1 N–H and O–H groups in total. The van der Waals surface area contributed by atoms with Crippen LogP contribution in [0.25, 0.3) is 0 Å². The van der Waals surface area contributed by atoms with Crippen molar-refractivity contribution in [1.29, 1.82) is 0 Å². The van der Waals surface area contributed by atoms with Gasteiger partial charge in [-0.3, -0.25) is 10.2 Å². The molecule has 1 unspecified atom stereocenters. The topological polar surface area (TPSA) is 67.9 Å². The van der Waals surface area contributed by atoms with Gasteiger partial charge >= 0.3 is 12.2 Å². The molecule has 0 spiro atoms. The quantitative estimate of drug-likeness (QED) is 0.846. The largest absolute Gasteiger partial charge is 0.449 e. The van der Waals surface area contributed by atoms with Crippen molar-refractivity contribution in [2.45, 2.75) is 45.7 Å². The zero-order valence-corrected chi connectivity index (χ0v) is 12.7. The number of nitrogens with one attached hydrogen (secondary N) is 1. The molecule has 19 heavy (non-hydrogen) atoms. The van der Waals surface area contributed by atoms with Crippen molar-refractivity contribution in [1.82, 2.24) is 10.2 Å². The first kappa shape index (κ1) is 15.7. The van der Waals surface area contributed by atoms with E-state index in [9.17, 15) is 9.59 Å². The van der Waals surface area contributed by atoms with E-state index in [0.29, 0.717) is 0 Å². The molecule has 0 aliphatic carbocycles. The summed E-state index contributed by atoms with van der Waals surface area (Å²) < 4.78 is 10.1. The monoisotopic (exact) mass is 288 g/mol. The van der Waals surface area contributed by atoms with Crippen LogP contribution in [0, 0.1) is 0 Å². The fraction of sp³-hybridized carbons (Fsp3) is 0.667. The number of hydrogen-bond donors (Lipinski definition) is 1. The van der Waals surface area contributed by atoms with Crippen LogP contribution >= 0.6 is 11.8 Å². The van der Waals surface area contributed by atoms with Crippen molar-refractivity contribution >= 4 is 23.9 Å². The van der Waals surface area contributed by atoms with Gasteiger partial charge in [-0.1, -0.05) is 11.8 Å². The molecule has 0 radical (unpaired) electrons. The number of rotatable bonds is 2. The van der Waals surface area contributed by atoms with Crippen molar-refractivity contribution in [3.05, 3.63) is 11.1 Å². The van der Waals surface area contributed by atoms with E-state index in [-0.39, 0.29) is 6.61 Å². The number of amides is 2. The van der Waals surface area contributed by atoms with Gasteiger partial charge in [-0.2, -0.15) is 0 Å². The van der Waals surface area contributed by atoms with Crippen LogP contribution in [0.5, 0.6) is 0 Å². The Balaban J connectivity index is 2.63. The Hall–Kier alpha value is -1.37. The molecule has 0 aromatic carbocycles. The molecule has 0 saturated carbocycles. The summed E-state index contributed by atoms with van der Waals surface area (Å²) in [6.45, 7) is 9.13. The molecule has 0 saturated heterocycles. The highest BCUT2D eigenvalue weighted by Crippen LogP contribution is 2.29. The van der Waals surface area contributed by atoms with Crippen LogP contribution < -0.4 is 5.32 Å². The number of allylic oxidation sites excluding steroid dienone is 1. The lowest BCUT2D eigenvalue weighted by Gasteiger charge is -2.27. The summed E-state index contributed by atoms with van der Waals surface area (Å²) in [5.41, 5.74) is -0.386. The maximum Gasteiger partial charge on any atom is 0.416 e. The molecule has 1 atom stereocenters. The molecular weight excluding hydrogens is 268 g/mol. The molecular formula is C12H20N2O4S. The Kier molecular flexibility index (Phi) is 5.11. The lowest BCUT2D eigenvalue weighted by Crippen LogP contribution is -2.47. The highest BCUT2D eigenvalue weighted by molar-refractivity contribution is 8.02. The average molecular weight is 288 g/mol. The van der Waals surface area contributed by atoms with Crippen LogP contribution in [0.15, 0.2) is 11.1 Å². The van der Waals surface area contributed by atoms with Crippen LogP contribution in [0.4, 0.5) is 9.59 Å². The van der Waals surface area contributed by atoms with Gasteiger partial charge in [0.25, 0.3) is 0 Å². The van der Waals surface area contributed by atoms with Crippen molar-refractivity contribution in [3.8, 4) is 0 Å². The van der Waals surface area contributed by atoms with Gasteiger partial charge in [0, 0.05) is 5.70 Å². The van der Waals surface area contributed by atoms with E-state index >= 15 is 0 Å². The Morgan fingerprint density at radius 3 is 2.63 bits per heavy atom. The van der Waals surface area contributed by atoms with Gasteiger partial charge in [0.15, 0.2) is 5.50 Å². The van der Waals surface area contributed by atoms with Crippen molar-refractivity contribution < 1.29 is 19.1 Å². The van der Waals surface area contributed by atoms with Crippen molar-refractivity contribution in [2.75, 3.05) is 6.61 Å². The molecule has 7 heteroatoms. The Morgan fingerprint density at radius 1 is 1.47 bits per heavy atom. The molecule has 1 aliphatic heterocycles. The minimum absolute atomic E-state index is 0.284. The second kappa shape index (κ2) is 6.18. The lowest BCUT2D eigenvalue weighted by atomic mass is 10.2. The zero-order valence-electron chi connectivity index (χ0n) is 11.9. The first-order chi connectivity index (χ1) is 8.74. The maximum atomic E-state index is 11.8. The Labute approximate surface area is 117 Å². The van der Waals surface area contributed by atoms with Gasteiger partial charge in [-0.25, -0.2) is 9.59 Å². The first-order valence-electron chi connectivity index (χ1n) is 6.02. The normalized spacial score (nSPS) is 18.9. The Bertz CT molecular complexity index is 390. The predicted octanol–water partition coefficient (Wildman–Crippen LogP) is 2.86. The molecule has 6 nitrogen and oxygen atoms in total. The number of carbonyl (C=O) groups excluding carboxylic acids is 2. The van der Waals surface area contributed by atoms with Gasteiger partial charge in [-0.15, -0.1) is 0 Å². The first-order valence-corrected chi connectivity index (χ1v) is 6.96. The van der Waals surface area contributed by atoms with E-state index in [4.69, 9.17) is 9.47 Å². The maximum absolute atomic E-state index is 11.8. The number of carbonyl (C=O) groups is 2. The third-order valence-electron chi connectivity index (χ3n) is 2.09. The molecule has 0 aromatic heterocycles. The fourth-order valence-electron chi connectivity index (χ4n) is 1.41. The van der Waals surface area contributed by atoms with Crippen LogP contribution in [0.2, 0.25) is 0 Å². The number of ether oxygens (including phenoxy) is 2. The van der Waals surface area contributed by atoms with Crippen LogP contribution in [-0.2, 0) is 9.47 Å². The third-order valence-corrected chi connectivity index (χ3v) is 3.15. The number of hydrogen-bond acceptors (Lipinski definition) is 5. The minimum Gasteiger partial charge on any atom is -0.449 e. The van der Waals surface area contributed by atoms with E-state index in [0.717, 1.165) is 5.70 Å².